The molecule has 2 N–H and O–H groups in total. The first-order valence-electron chi connectivity index (χ1n) is 7.20. The van der Waals surface area contributed by atoms with Crippen LogP contribution in [0.1, 0.15) is 42.6 Å². The topological polar surface area (TPSA) is 66.8 Å². The fraction of sp³-hybridized carbons (Fsp3) is 0.278. The van der Waals surface area contributed by atoms with E-state index in [2.05, 4.69) is 6.58 Å². The van der Waals surface area contributed by atoms with Crippen LogP contribution in [0.25, 0.3) is 6.08 Å². The van der Waals surface area contributed by atoms with Crippen LogP contribution in [0.5, 0.6) is 11.5 Å². The molecule has 0 aliphatic carbocycles. The summed E-state index contributed by atoms with van der Waals surface area (Å²) >= 11 is 0. The van der Waals surface area contributed by atoms with Crippen LogP contribution in [0.15, 0.2) is 43.0 Å². The minimum atomic E-state index is -0.633. The third kappa shape index (κ3) is 5.13. The largest absolute Gasteiger partial charge is 0.508 e. The Kier molecular flexibility index (Phi) is 6.96. The van der Waals surface area contributed by atoms with Gasteiger partial charge in [0.2, 0.25) is 0 Å². The van der Waals surface area contributed by atoms with Gasteiger partial charge in [-0.1, -0.05) is 37.3 Å². The first-order valence-corrected chi connectivity index (χ1v) is 7.20. The Labute approximate surface area is 131 Å². The summed E-state index contributed by atoms with van der Waals surface area (Å²) in [5.41, 5.74) is 0.434. The van der Waals surface area contributed by atoms with Gasteiger partial charge in [0.15, 0.2) is 0 Å². The molecule has 1 aromatic carbocycles. The van der Waals surface area contributed by atoms with Crippen LogP contribution in [0, 0.1) is 0 Å². The second kappa shape index (κ2) is 8.72. The fourth-order valence-corrected chi connectivity index (χ4v) is 1.89. The molecule has 0 saturated carbocycles. The zero-order chi connectivity index (χ0) is 16.5. The molecule has 1 rings (SSSR count). The Bertz CT molecular complexity index is 585. The second-order valence-corrected chi connectivity index (χ2v) is 4.86. The van der Waals surface area contributed by atoms with Gasteiger partial charge in [-0.05, 0) is 25.0 Å². The standard InChI is InChI=1S/C18H22O4/c1-4-6-7-8-10-14-11-15(19)12-16(20)17(14)18(21)22-13(3)9-5-2/h5-8,10-13,19-20H,2,4,9H2,1,3H3/b7-6+,10-8+. The van der Waals surface area contributed by atoms with Gasteiger partial charge in [-0.15, -0.1) is 6.58 Å². The molecule has 4 heteroatoms. The molecule has 118 valence electrons. The number of rotatable bonds is 7. The average molecular weight is 302 g/mol. The third-order valence-corrected chi connectivity index (χ3v) is 2.90. The van der Waals surface area contributed by atoms with Crippen molar-refractivity contribution < 1.29 is 19.7 Å². The van der Waals surface area contributed by atoms with Gasteiger partial charge in [-0.2, -0.15) is 0 Å². The number of esters is 1. The molecule has 1 aromatic rings. The number of phenolic OH excluding ortho intramolecular Hbond substituents is 2. The van der Waals surface area contributed by atoms with Gasteiger partial charge in [0.05, 0.1) is 0 Å². The Balaban J connectivity index is 3.10. The van der Waals surface area contributed by atoms with E-state index < -0.39 is 5.97 Å². The van der Waals surface area contributed by atoms with Gasteiger partial charge in [-0.25, -0.2) is 4.79 Å². The Morgan fingerprint density at radius 2 is 2.09 bits per heavy atom. The number of carbonyl (C=O) groups is 1. The number of carbonyl (C=O) groups excluding carboxylic acids is 1. The van der Waals surface area contributed by atoms with Gasteiger partial charge in [0, 0.05) is 12.5 Å². The molecular formula is C18H22O4. The van der Waals surface area contributed by atoms with Crippen molar-refractivity contribution in [2.75, 3.05) is 0 Å². The van der Waals surface area contributed by atoms with E-state index >= 15 is 0 Å². The highest BCUT2D eigenvalue weighted by molar-refractivity contribution is 5.97. The molecule has 0 heterocycles. The van der Waals surface area contributed by atoms with Crippen LogP contribution in [-0.4, -0.2) is 22.3 Å². The molecular weight excluding hydrogens is 280 g/mol. The van der Waals surface area contributed by atoms with E-state index in [-0.39, 0.29) is 23.2 Å². The molecule has 0 saturated heterocycles. The third-order valence-electron chi connectivity index (χ3n) is 2.90. The summed E-state index contributed by atoms with van der Waals surface area (Å²) in [5, 5.41) is 19.5. The van der Waals surface area contributed by atoms with Crippen molar-refractivity contribution in [3.8, 4) is 11.5 Å². The van der Waals surface area contributed by atoms with E-state index in [4.69, 9.17) is 4.74 Å². The van der Waals surface area contributed by atoms with Crippen molar-refractivity contribution in [1.29, 1.82) is 0 Å². The van der Waals surface area contributed by atoms with E-state index in [9.17, 15) is 15.0 Å². The van der Waals surface area contributed by atoms with E-state index in [0.29, 0.717) is 12.0 Å². The quantitative estimate of drug-likeness (QED) is 0.450. The van der Waals surface area contributed by atoms with Gasteiger partial charge in [0.1, 0.15) is 23.2 Å². The van der Waals surface area contributed by atoms with E-state index in [1.807, 2.05) is 19.1 Å². The molecule has 0 aliphatic rings. The van der Waals surface area contributed by atoms with Crippen molar-refractivity contribution in [3.05, 3.63) is 54.1 Å². The smallest absolute Gasteiger partial charge is 0.342 e. The summed E-state index contributed by atoms with van der Waals surface area (Å²) in [6.07, 6.45) is 9.89. The zero-order valence-corrected chi connectivity index (χ0v) is 13.0. The van der Waals surface area contributed by atoms with Crippen molar-refractivity contribution in [2.24, 2.45) is 0 Å². The average Bonchev–Trinajstić information content (AvgIpc) is 2.42. The molecule has 0 radical (unpaired) electrons. The van der Waals surface area contributed by atoms with Crippen LogP contribution in [0.2, 0.25) is 0 Å². The van der Waals surface area contributed by atoms with Gasteiger partial charge < -0.3 is 14.9 Å². The van der Waals surface area contributed by atoms with Crippen LogP contribution in [0.3, 0.4) is 0 Å². The predicted molar refractivity (Wildman–Crippen MR) is 87.9 cm³/mol. The minimum Gasteiger partial charge on any atom is -0.508 e. The lowest BCUT2D eigenvalue weighted by Crippen LogP contribution is -2.15. The van der Waals surface area contributed by atoms with Crippen LogP contribution in [-0.2, 0) is 4.74 Å². The van der Waals surface area contributed by atoms with E-state index in [1.54, 1.807) is 25.2 Å². The number of hydrogen-bond acceptors (Lipinski definition) is 4. The lowest BCUT2D eigenvalue weighted by molar-refractivity contribution is 0.0344. The monoisotopic (exact) mass is 302 g/mol. The van der Waals surface area contributed by atoms with Crippen molar-refractivity contribution in [2.45, 2.75) is 32.8 Å². The molecule has 0 amide bonds. The normalized spacial score (nSPS) is 12.6. The number of aromatic hydroxyl groups is 2. The van der Waals surface area contributed by atoms with Crippen molar-refractivity contribution in [1.82, 2.24) is 0 Å². The lowest BCUT2D eigenvalue weighted by atomic mass is 10.0. The highest BCUT2D eigenvalue weighted by atomic mass is 16.5. The summed E-state index contributed by atoms with van der Waals surface area (Å²) in [5.74, 6) is -1.06. The second-order valence-electron chi connectivity index (χ2n) is 4.86. The molecule has 0 aromatic heterocycles. The maximum atomic E-state index is 12.2. The molecule has 1 atom stereocenters. The van der Waals surface area contributed by atoms with Crippen LogP contribution >= 0.6 is 0 Å². The maximum Gasteiger partial charge on any atom is 0.342 e. The summed E-state index contributed by atoms with van der Waals surface area (Å²) in [7, 11) is 0. The number of benzene rings is 1. The summed E-state index contributed by atoms with van der Waals surface area (Å²) < 4.78 is 5.26. The Morgan fingerprint density at radius 1 is 1.36 bits per heavy atom. The minimum absolute atomic E-state index is 0.0369. The summed E-state index contributed by atoms with van der Waals surface area (Å²) in [6.45, 7) is 7.35. The predicted octanol–water partition coefficient (Wildman–Crippen LogP) is 4.20. The summed E-state index contributed by atoms with van der Waals surface area (Å²) in [4.78, 5) is 12.2. The number of ether oxygens (including phenoxy) is 1. The molecule has 0 bridgehead atoms. The van der Waals surface area contributed by atoms with Crippen molar-refractivity contribution >= 4 is 12.0 Å². The molecule has 0 aliphatic heterocycles. The first kappa shape index (κ1) is 17.6. The molecule has 4 nitrogen and oxygen atoms in total. The highest BCUT2D eigenvalue weighted by Gasteiger charge is 2.19. The summed E-state index contributed by atoms with van der Waals surface area (Å²) in [6, 6.07) is 2.53. The first-order chi connectivity index (χ1) is 10.5. The molecule has 0 spiro atoms. The maximum absolute atomic E-state index is 12.2. The zero-order valence-electron chi connectivity index (χ0n) is 13.0. The highest BCUT2D eigenvalue weighted by Crippen LogP contribution is 2.29. The van der Waals surface area contributed by atoms with Gasteiger partial charge >= 0.3 is 5.97 Å². The molecule has 22 heavy (non-hydrogen) atoms. The van der Waals surface area contributed by atoms with E-state index in [1.165, 1.54) is 6.07 Å². The Hall–Kier alpha value is -2.49. The van der Waals surface area contributed by atoms with E-state index in [0.717, 1.165) is 12.5 Å². The SMILES string of the molecule is C=CCC(C)OC(=O)c1c(O)cc(O)cc1/C=C/C=C/CC. The fourth-order valence-electron chi connectivity index (χ4n) is 1.89. The number of hydrogen-bond donors (Lipinski definition) is 2. The number of allylic oxidation sites excluding steroid dienone is 3. The Morgan fingerprint density at radius 3 is 2.73 bits per heavy atom. The van der Waals surface area contributed by atoms with Crippen LogP contribution < -0.4 is 0 Å². The van der Waals surface area contributed by atoms with Crippen molar-refractivity contribution in [3.63, 3.8) is 0 Å². The lowest BCUT2D eigenvalue weighted by Gasteiger charge is -2.14. The molecule has 1 unspecified atom stereocenters. The van der Waals surface area contributed by atoms with Crippen LogP contribution in [0.4, 0.5) is 0 Å². The number of phenols is 2. The van der Waals surface area contributed by atoms with Gasteiger partial charge in [-0.3, -0.25) is 0 Å². The van der Waals surface area contributed by atoms with Gasteiger partial charge in [0.25, 0.3) is 0 Å². The molecule has 0 fully saturated rings.